The highest BCUT2D eigenvalue weighted by molar-refractivity contribution is 7.81. The number of rotatable bonds is 21. The van der Waals surface area contributed by atoms with Crippen molar-refractivity contribution in [3.63, 3.8) is 0 Å². The number of hydrogen-bond donors (Lipinski definition) is 3. The first-order valence-corrected chi connectivity index (χ1v) is 16.5. The summed E-state index contributed by atoms with van der Waals surface area (Å²) in [4.78, 5) is 0. The van der Waals surface area contributed by atoms with Gasteiger partial charge in [0, 0.05) is 15.7 Å². The summed E-state index contributed by atoms with van der Waals surface area (Å²) in [6.07, 6.45) is 28.1. The maximum Gasteiger partial charge on any atom is 0.00168 e. The second-order valence-electron chi connectivity index (χ2n) is 9.88. The highest BCUT2D eigenvalue weighted by Gasteiger charge is 2.02. The Balaban J connectivity index is -0.000000409. The van der Waals surface area contributed by atoms with Crippen LogP contribution in [-0.2, 0) is 0 Å². The minimum atomic E-state index is 0.664. The molecule has 0 fully saturated rings. The van der Waals surface area contributed by atoms with E-state index in [9.17, 15) is 0 Å². The lowest BCUT2D eigenvalue weighted by Gasteiger charge is -2.08. The molecular weight excluding hydrogens is 457 g/mol. The topological polar surface area (TPSA) is 0 Å². The van der Waals surface area contributed by atoms with Crippen LogP contribution in [0.4, 0.5) is 0 Å². The molecule has 0 saturated heterocycles. The van der Waals surface area contributed by atoms with Crippen LogP contribution in [0.15, 0.2) is 0 Å². The average Bonchev–Trinajstić information content (AvgIpc) is 2.80. The van der Waals surface area contributed by atoms with Gasteiger partial charge in [-0.1, -0.05) is 138 Å². The van der Waals surface area contributed by atoms with Crippen molar-refractivity contribution >= 4 is 37.9 Å². The first-order valence-electron chi connectivity index (χ1n) is 15.0. The molecule has 0 radical (unpaired) electrons. The molecule has 204 valence electrons. The van der Waals surface area contributed by atoms with Gasteiger partial charge in [0.25, 0.3) is 0 Å². The first-order chi connectivity index (χ1) is 15.9. The van der Waals surface area contributed by atoms with E-state index >= 15 is 0 Å². The Morgan fingerprint density at radius 1 is 0.303 bits per heavy atom. The molecule has 3 atom stereocenters. The van der Waals surface area contributed by atoms with Gasteiger partial charge in [0.2, 0.25) is 0 Å². The molecule has 0 bridgehead atoms. The molecule has 0 aromatic heterocycles. The zero-order valence-electron chi connectivity index (χ0n) is 23.9. The van der Waals surface area contributed by atoms with Gasteiger partial charge in [-0.2, -0.15) is 37.9 Å². The number of thiol groups is 3. The monoisotopic (exact) mass is 522 g/mol. The third kappa shape index (κ3) is 40.5. The van der Waals surface area contributed by atoms with Crippen LogP contribution in [0.25, 0.3) is 0 Å². The van der Waals surface area contributed by atoms with E-state index in [1.807, 2.05) is 0 Å². The molecule has 0 rings (SSSR count). The predicted octanol–water partition coefficient (Wildman–Crippen LogP) is 12.2. The summed E-state index contributed by atoms with van der Waals surface area (Å²) in [5.74, 6) is 0. The molecule has 0 aliphatic carbocycles. The zero-order valence-corrected chi connectivity index (χ0v) is 26.6. The third-order valence-corrected chi connectivity index (χ3v) is 7.63. The standard InChI is InChI=1S/3C10H22S/c1-3-5-6-7-9-10(11)8-4-2;2*1-3-5-7-9-10(11)8-6-4-2/h3*10-11H,3-9H2,1-2H3. The molecule has 0 aromatic carbocycles. The van der Waals surface area contributed by atoms with Gasteiger partial charge in [0.05, 0.1) is 0 Å². The maximum atomic E-state index is 4.54. The fourth-order valence-electron chi connectivity index (χ4n) is 3.71. The predicted molar refractivity (Wildman–Crippen MR) is 169 cm³/mol. The Morgan fingerprint density at radius 3 is 0.909 bits per heavy atom. The first kappa shape index (κ1) is 38.6. The summed E-state index contributed by atoms with van der Waals surface area (Å²) in [6, 6.07) is 0. The maximum absolute atomic E-state index is 4.54. The molecule has 0 heterocycles. The smallest absolute Gasteiger partial charge is 0.00168 e. The van der Waals surface area contributed by atoms with E-state index < -0.39 is 0 Å². The van der Waals surface area contributed by atoms with Gasteiger partial charge in [0.15, 0.2) is 0 Å². The molecule has 0 aliphatic rings. The molecule has 33 heavy (non-hydrogen) atoms. The lowest BCUT2D eigenvalue weighted by atomic mass is 10.1. The molecule has 0 nitrogen and oxygen atoms in total. The molecule has 3 unspecified atom stereocenters. The summed E-state index contributed by atoms with van der Waals surface area (Å²) in [7, 11) is 0. The Morgan fingerprint density at radius 2 is 0.576 bits per heavy atom. The van der Waals surface area contributed by atoms with Crippen LogP contribution in [0.1, 0.15) is 176 Å². The van der Waals surface area contributed by atoms with Gasteiger partial charge >= 0.3 is 0 Å². The summed E-state index contributed by atoms with van der Waals surface area (Å²) in [6.45, 7) is 13.5. The van der Waals surface area contributed by atoms with Crippen molar-refractivity contribution in [2.24, 2.45) is 0 Å². The van der Waals surface area contributed by atoms with Crippen molar-refractivity contribution < 1.29 is 0 Å². The lowest BCUT2D eigenvalue weighted by Crippen LogP contribution is -1.97. The highest BCUT2D eigenvalue weighted by atomic mass is 32.1. The minimum absolute atomic E-state index is 0.664. The summed E-state index contributed by atoms with van der Waals surface area (Å²) in [5, 5.41) is 2.00. The molecular formula is C30H66S3. The molecule has 0 saturated carbocycles. The minimum Gasteiger partial charge on any atom is -0.176 e. The van der Waals surface area contributed by atoms with E-state index in [1.165, 1.54) is 135 Å². The van der Waals surface area contributed by atoms with Crippen LogP contribution in [0.3, 0.4) is 0 Å². The molecule has 0 aromatic rings. The molecule has 3 heteroatoms. The van der Waals surface area contributed by atoms with Crippen molar-refractivity contribution in [1.82, 2.24) is 0 Å². The quantitative estimate of drug-likeness (QED) is 0.0968. The van der Waals surface area contributed by atoms with Crippen LogP contribution in [0.5, 0.6) is 0 Å². The molecule has 0 spiro atoms. The number of hydrogen-bond acceptors (Lipinski definition) is 3. The molecule has 0 amide bonds. The van der Waals surface area contributed by atoms with E-state index in [2.05, 4.69) is 79.4 Å². The Kier molecular flexibility index (Phi) is 41.2. The fourth-order valence-corrected chi connectivity index (χ4v) is 4.88. The zero-order chi connectivity index (χ0) is 25.6. The van der Waals surface area contributed by atoms with Crippen LogP contribution < -0.4 is 0 Å². The normalized spacial score (nSPS) is 13.4. The Labute approximate surface area is 229 Å². The van der Waals surface area contributed by atoms with Crippen molar-refractivity contribution in [3.05, 3.63) is 0 Å². The summed E-state index contributed by atoms with van der Waals surface area (Å²) in [5.41, 5.74) is 0. The SMILES string of the molecule is CCCCCC(S)CCCC.CCCCCC(S)CCCC.CCCCCCC(S)CCC. The second-order valence-corrected chi connectivity index (χ2v) is 12.1. The van der Waals surface area contributed by atoms with E-state index in [4.69, 9.17) is 0 Å². The third-order valence-electron chi connectivity index (χ3n) is 6.08. The summed E-state index contributed by atoms with van der Waals surface area (Å²) >= 11 is 13.6. The van der Waals surface area contributed by atoms with Gasteiger partial charge in [-0.15, -0.1) is 0 Å². The van der Waals surface area contributed by atoms with Crippen LogP contribution in [-0.4, -0.2) is 15.7 Å². The Bertz CT molecular complexity index is 289. The van der Waals surface area contributed by atoms with Gasteiger partial charge < -0.3 is 0 Å². The fraction of sp³-hybridized carbons (Fsp3) is 1.00. The van der Waals surface area contributed by atoms with Crippen molar-refractivity contribution in [2.45, 2.75) is 192 Å². The van der Waals surface area contributed by atoms with E-state index in [1.54, 1.807) is 0 Å². The highest BCUT2D eigenvalue weighted by Crippen LogP contribution is 2.16. The Hall–Kier alpha value is 1.05. The number of unbranched alkanes of at least 4 members (excludes halogenated alkanes) is 9. The van der Waals surface area contributed by atoms with Crippen LogP contribution in [0.2, 0.25) is 0 Å². The van der Waals surface area contributed by atoms with Crippen molar-refractivity contribution in [3.8, 4) is 0 Å². The van der Waals surface area contributed by atoms with Crippen molar-refractivity contribution in [1.29, 1.82) is 0 Å². The van der Waals surface area contributed by atoms with Gasteiger partial charge in [-0.3, -0.25) is 0 Å². The lowest BCUT2D eigenvalue weighted by molar-refractivity contribution is 0.597. The molecule has 0 N–H and O–H groups in total. The van der Waals surface area contributed by atoms with Crippen molar-refractivity contribution in [2.75, 3.05) is 0 Å². The van der Waals surface area contributed by atoms with Gasteiger partial charge in [0.1, 0.15) is 0 Å². The van der Waals surface area contributed by atoms with Crippen LogP contribution >= 0.6 is 37.9 Å². The molecule has 0 aliphatic heterocycles. The summed E-state index contributed by atoms with van der Waals surface area (Å²) < 4.78 is 0. The second kappa shape index (κ2) is 35.2. The van der Waals surface area contributed by atoms with Gasteiger partial charge in [-0.25, -0.2) is 0 Å². The van der Waals surface area contributed by atoms with E-state index in [0.29, 0.717) is 15.7 Å². The van der Waals surface area contributed by atoms with Crippen LogP contribution in [0, 0.1) is 0 Å². The van der Waals surface area contributed by atoms with E-state index in [-0.39, 0.29) is 0 Å². The van der Waals surface area contributed by atoms with E-state index in [0.717, 1.165) is 0 Å². The average molecular weight is 523 g/mol. The largest absolute Gasteiger partial charge is 0.176 e. The van der Waals surface area contributed by atoms with Gasteiger partial charge in [-0.05, 0) is 38.5 Å².